The van der Waals surface area contributed by atoms with Crippen molar-refractivity contribution in [1.29, 1.82) is 0 Å². The van der Waals surface area contributed by atoms with Crippen LogP contribution in [0.3, 0.4) is 0 Å². The average molecular weight is 256 g/mol. The van der Waals surface area contributed by atoms with Gasteiger partial charge in [-0.1, -0.05) is 4.49 Å². The number of likely N-dealkylation sites (N-methyl/N-ethyl adjacent to an activating group) is 1. The van der Waals surface area contributed by atoms with E-state index in [-0.39, 0.29) is 11.9 Å². The molecule has 0 saturated carbocycles. The summed E-state index contributed by atoms with van der Waals surface area (Å²) in [6.07, 6.45) is 1.69. The molecule has 2 heterocycles. The number of carbonyl (C=O) groups excluding carboxylic acids is 1. The molecule has 1 aliphatic heterocycles. The molecule has 0 aliphatic carbocycles. The summed E-state index contributed by atoms with van der Waals surface area (Å²) in [5.41, 5.74) is 0. The lowest BCUT2D eigenvalue weighted by atomic mass is 10.2. The standard InChI is InChI=1S/C10H16N4O2S/c1-13(2)5-7-3-8(15)6-14(7)10(16)9-4-11-12-17-9/h4,7-8,15H,3,5-6H2,1-2H3. The summed E-state index contributed by atoms with van der Waals surface area (Å²) in [7, 11) is 3.92. The number of β-amino-alcohol motifs (C(OH)–C–C–N with tert-alkyl or cyclic N) is 1. The van der Waals surface area contributed by atoms with Crippen LogP contribution in [0.5, 0.6) is 0 Å². The number of rotatable bonds is 3. The van der Waals surface area contributed by atoms with Gasteiger partial charge in [0.2, 0.25) is 0 Å². The molecule has 0 aromatic carbocycles. The molecule has 1 aliphatic rings. The second kappa shape index (κ2) is 5.07. The van der Waals surface area contributed by atoms with E-state index in [1.807, 2.05) is 19.0 Å². The van der Waals surface area contributed by atoms with Crippen molar-refractivity contribution in [3.05, 3.63) is 11.1 Å². The largest absolute Gasteiger partial charge is 0.391 e. The van der Waals surface area contributed by atoms with Gasteiger partial charge in [-0.25, -0.2) is 0 Å². The van der Waals surface area contributed by atoms with Crippen LogP contribution in [0.4, 0.5) is 0 Å². The van der Waals surface area contributed by atoms with Gasteiger partial charge < -0.3 is 14.9 Å². The fourth-order valence-electron chi connectivity index (χ4n) is 2.14. The van der Waals surface area contributed by atoms with Crippen LogP contribution in [0.2, 0.25) is 0 Å². The molecule has 2 unspecified atom stereocenters. The molecule has 6 nitrogen and oxygen atoms in total. The van der Waals surface area contributed by atoms with Crippen LogP contribution in [0.25, 0.3) is 0 Å². The van der Waals surface area contributed by atoms with Crippen molar-refractivity contribution in [1.82, 2.24) is 19.4 Å². The Bertz CT molecular complexity index is 382. The van der Waals surface area contributed by atoms with Crippen LogP contribution < -0.4 is 0 Å². The molecule has 2 atom stereocenters. The lowest BCUT2D eigenvalue weighted by Gasteiger charge is -2.26. The van der Waals surface area contributed by atoms with Crippen molar-refractivity contribution in [3.8, 4) is 0 Å². The van der Waals surface area contributed by atoms with Crippen molar-refractivity contribution in [3.63, 3.8) is 0 Å². The third-order valence-corrected chi connectivity index (χ3v) is 3.45. The van der Waals surface area contributed by atoms with Gasteiger partial charge in [-0.05, 0) is 32.0 Å². The molecule has 1 aromatic rings. The van der Waals surface area contributed by atoms with Gasteiger partial charge in [-0.15, -0.1) is 5.10 Å². The quantitative estimate of drug-likeness (QED) is 0.802. The second-order valence-electron chi connectivity index (χ2n) is 4.54. The van der Waals surface area contributed by atoms with Gasteiger partial charge in [0.25, 0.3) is 5.91 Å². The molecular formula is C10H16N4O2S. The minimum absolute atomic E-state index is 0.0644. The Morgan fingerprint density at radius 2 is 2.47 bits per heavy atom. The minimum Gasteiger partial charge on any atom is -0.391 e. The highest BCUT2D eigenvalue weighted by Crippen LogP contribution is 2.21. The van der Waals surface area contributed by atoms with Crippen molar-refractivity contribution < 1.29 is 9.90 Å². The van der Waals surface area contributed by atoms with E-state index in [1.165, 1.54) is 6.20 Å². The fraction of sp³-hybridized carbons (Fsp3) is 0.700. The van der Waals surface area contributed by atoms with Gasteiger partial charge in [0.05, 0.1) is 12.3 Å². The zero-order valence-electron chi connectivity index (χ0n) is 9.91. The zero-order valence-corrected chi connectivity index (χ0v) is 10.7. The molecule has 1 amide bonds. The predicted octanol–water partition coefficient (Wildman–Crippen LogP) is -0.325. The summed E-state index contributed by atoms with van der Waals surface area (Å²) in [6, 6.07) is 0.0644. The predicted molar refractivity (Wildman–Crippen MR) is 63.9 cm³/mol. The zero-order chi connectivity index (χ0) is 12.4. The van der Waals surface area contributed by atoms with Crippen LogP contribution in [0.15, 0.2) is 6.20 Å². The lowest BCUT2D eigenvalue weighted by Crippen LogP contribution is -2.41. The highest BCUT2D eigenvalue weighted by atomic mass is 32.1. The maximum atomic E-state index is 12.2. The van der Waals surface area contributed by atoms with Crippen molar-refractivity contribution in [2.45, 2.75) is 18.6 Å². The summed E-state index contributed by atoms with van der Waals surface area (Å²) < 4.78 is 3.69. The number of carbonyl (C=O) groups is 1. The van der Waals surface area contributed by atoms with Crippen molar-refractivity contribution >= 4 is 17.4 Å². The number of hydrogen-bond donors (Lipinski definition) is 1. The second-order valence-corrected chi connectivity index (χ2v) is 5.33. The fourth-order valence-corrected chi connectivity index (χ4v) is 2.61. The molecule has 17 heavy (non-hydrogen) atoms. The van der Waals surface area contributed by atoms with Gasteiger partial charge in [0, 0.05) is 19.1 Å². The van der Waals surface area contributed by atoms with E-state index in [9.17, 15) is 9.90 Å². The van der Waals surface area contributed by atoms with E-state index in [4.69, 9.17) is 0 Å². The SMILES string of the molecule is CN(C)CC1CC(O)CN1C(=O)c1cnns1. The molecule has 0 spiro atoms. The molecule has 0 bridgehead atoms. The number of hydrogen-bond acceptors (Lipinski definition) is 6. The van der Waals surface area contributed by atoms with E-state index in [1.54, 1.807) is 4.90 Å². The smallest absolute Gasteiger partial charge is 0.267 e. The molecule has 1 saturated heterocycles. The average Bonchev–Trinajstić information content (AvgIpc) is 2.85. The van der Waals surface area contributed by atoms with Gasteiger partial charge in [-0.2, -0.15) is 0 Å². The summed E-state index contributed by atoms with van der Waals surface area (Å²) in [5, 5.41) is 13.4. The Morgan fingerprint density at radius 3 is 3.06 bits per heavy atom. The Balaban J connectivity index is 2.10. The Kier molecular flexibility index (Phi) is 3.70. The summed E-state index contributed by atoms with van der Waals surface area (Å²) in [5.74, 6) is -0.0802. The van der Waals surface area contributed by atoms with Crippen LogP contribution >= 0.6 is 11.5 Å². The normalized spacial score (nSPS) is 24.6. The minimum atomic E-state index is -0.426. The van der Waals surface area contributed by atoms with E-state index >= 15 is 0 Å². The Hall–Kier alpha value is -1.05. The third-order valence-electron chi connectivity index (χ3n) is 2.80. The first-order valence-electron chi connectivity index (χ1n) is 5.49. The van der Waals surface area contributed by atoms with Crippen molar-refractivity contribution in [2.24, 2.45) is 0 Å². The van der Waals surface area contributed by atoms with Crippen LogP contribution in [0, 0.1) is 0 Å². The first-order valence-corrected chi connectivity index (χ1v) is 6.26. The molecule has 1 fully saturated rings. The monoisotopic (exact) mass is 256 g/mol. The topological polar surface area (TPSA) is 69.6 Å². The molecule has 1 N–H and O–H groups in total. The van der Waals surface area contributed by atoms with E-state index in [0.29, 0.717) is 17.8 Å². The van der Waals surface area contributed by atoms with E-state index in [2.05, 4.69) is 9.59 Å². The number of nitrogens with zero attached hydrogens (tertiary/aromatic N) is 4. The number of amides is 1. The van der Waals surface area contributed by atoms with Crippen LogP contribution in [-0.4, -0.2) is 69.7 Å². The highest BCUT2D eigenvalue weighted by Gasteiger charge is 2.35. The van der Waals surface area contributed by atoms with Gasteiger partial charge in [0.1, 0.15) is 4.88 Å². The van der Waals surface area contributed by atoms with E-state index in [0.717, 1.165) is 18.1 Å². The summed E-state index contributed by atoms with van der Waals surface area (Å²) in [4.78, 5) is 16.4. The third kappa shape index (κ3) is 2.80. The number of likely N-dealkylation sites (tertiary alicyclic amines) is 1. The lowest BCUT2D eigenvalue weighted by molar-refractivity contribution is 0.0704. The maximum absolute atomic E-state index is 12.2. The first kappa shape index (κ1) is 12.4. The van der Waals surface area contributed by atoms with E-state index < -0.39 is 6.10 Å². The highest BCUT2D eigenvalue weighted by molar-refractivity contribution is 7.07. The number of aliphatic hydroxyl groups excluding tert-OH is 1. The van der Waals surface area contributed by atoms with Gasteiger partial charge >= 0.3 is 0 Å². The summed E-state index contributed by atoms with van der Waals surface area (Å²) in [6.45, 7) is 1.16. The van der Waals surface area contributed by atoms with Crippen molar-refractivity contribution in [2.75, 3.05) is 27.2 Å². The molecular weight excluding hydrogens is 240 g/mol. The Labute approximate surface area is 104 Å². The van der Waals surface area contributed by atoms with Crippen LogP contribution in [-0.2, 0) is 0 Å². The molecule has 0 radical (unpaired) electrons. The van der Waals surface area contributed by atoms with Gasteiger partial charge in [0.15, 0.2) is 0 Å². The molecule has 2 rings (SSSR count). The molecule has 7 heteroatoms. The summed E-state index contributed by atoms with van der Waals surface area (Å²) >= 11 is 1.09. The number of aliphatic hydroxyl groups is 1. The number of aromatic nitrogens is 2. The Morgan fingerprint density at radius 1 is 1.71 bits per heavy atom. The van der Waals surface area contributed by atoms with Gasteiger partial charge in [-0.3, -0.25) is 4.79 Å². The van der Waals surface area contributed by atoms with Crippen LogP contribution in [0.1, 0.15) is 16.1 Å². The molecule has 1 aromatic heterocycles. The maximum Gasteiger partial charge on any atom is 0.267 e. The molecule has 94 valence electrons. The first-order chi connectivity index (χ1) is 8.08.